The second-order valence-electron chi connectivity index (χ2n) is 6.43. The lowest BCUT2D eigenvalue weighted by molar-refractivity contribution is -0.124. The van der Waals surface area contributed by atoms with Gasteiger partial charge in [0, 0.05) is 24.2 Å². The van der Waals surface area contributed by atoms with Crippen molar-refractivity contribution in [3.05, 3.63) is 60.2 Å². The fourth-order valence-electron chi connectivity index (χ4n) is 3.12. The Hall–Kier alpha value is -3.06. The van der Waals surface area contributed by atoms with Gasteiger partial charge in [0.2, 0.25) is 0 Å². The summed E-state index contributed by atoms with van der Waals surface area (Å²) in [4.78, 5) is 20.5. The second kappa shape index (κ2) is 7.67. The summed E-state index contributed by atoms with van der Waals surface area (Å²) in [6.07, 6.45) is 2.75. The highest BCUT2D eigenvalue weighted by atomic mass is 19.1. The molecule has 27 heavy (non-hydrogen) atoms. The maximum Gasteiger partial charge on any atom is 0.253 e. The molecule has 6 nitrogen and oxygen atoms in total. The van der Waals surface area contributed by atoms with E-state index in [0.29, 0.717) is 35.6 Å². The molecule has 1 aliphatic heterocycles. The van der Waals surface area contributed by atoms with Crippen LogP contribution in [0.25, 0.3) is 10.9 Å². The maximum atomic E-state index is 13.5. The first-order valence-electron chi connectivity index (χ1n) is 8.84. The van der Waals surface area contributed by atoms with Crippen molar-refractivity contribution in [2.75, 3.05) is 17.2 Å². The van der Waals surface area contributed by atoms with Gasteiger partial charge in [-0.1, -0.05) is 12.1 Å². The quantitative estimate of drug-likeness (QED) is 0.723. The minimum absolute atomic E-state index is 0.116. The van der Waals surface area contributed by atoms with Gasteiger partial charge in [0.15, 0.2) is 0 Å². The lowest BCUT2D eigenvalue weighted by Gasteiger charge is -2.12. The third-order valence-corrected chi connectivity index (χ3v) is 4.47. The van der Waals surface area contributed by atoms with Crippen molar-refractivity contribution in [2.24, 2.45) is 0 Å². The molecule has 7 heteroatoms. The van der Waals surface area contributed by atoms with Gasteiger partial charge in [0.25, 0.3) is 5.91 Å². The van der Waals surface area contributed by atoms with Gasteiger partial charge in [0.1, 0.15) is 24.1 Å². The molecule has 2 heterocycles. The summed E-state index contributed by atoms with van der Waals surface area (Å²) in [5.74, 6) is 0.113. The lowest BCUT2D eigenvalue weighted by Crippen LogP contribution is -2.26. The highest BCUT2D eigenvalue weighted by molar-refractivity contribution is 5.94. The molecule has 1 aromatic heterocycles. The molecule has 4 rings (SSSR count). The first-order chi connectivity index (χ1) is 13.2. The predicted molar refractivity (Wildman–Crippen MR) is 101 cm³/mol. The van der Waals surface area contributed by atoms with E-state index in [-0.39, 0.29) is 17.8 Å². The van der Waals surface area contributed by atoms with Crippen molar-refractivity contribution in [1.29, 1.82) is 0 Å². The topological polar surface area (TPSA) is 76.1 Å². The van der Waals surface area contributed by atoms with E-state index in [1.54, 1.807) is 6.07 Å². The van der Waals surface area contributed by atoms with Crippen LogP contribution in [-0.2, 0) is 16.1 Å². The first-order valence-corrected chi connectivity index (χ1v) is 8.84. The average molecular weight is 366 g/mol. The number of aromatic nitrogens is 2. The van der Waals surface area contributed by atoms with E-state index in [1.807, 2.05) is 24.3 Å². The smallest absolute Gasteiger partial charge is 0.253 e. The summed E-state index contributed by atoms with van der Waals surface area (Å²) < 4.78 is 19.0. The number of hydrogen-bond acceptors (Lipinski definition) is 5. The Balaban J connectivity index is 1.46. The molecule has 1 amide bonds. The van der Waals surface area contributed by atoms with Gasteiger partial charge in [-0.15, -0.1) is 0 Å². The molecule has 138 valence electrons. The van der Waals surface area contributed by atoms with Crippen LogP contribution in [0.3, 0.4) is 0 Å². The number of carbonyl (C=O) groups is 1. The van der Waals surface area contributed by atoms with Gasteiger partial charge in [-0.25, -0.2) is 14.4 Å². The van der Waals surface area contributed by atoms with E-state index in [4.69, 9.17) is 4.74 Å². The van der Waals surface area contributed by atoms with Gasteiger partial charge < -0.3 is 15.4 Å². The summed E-state index contributed by atoms with van der Waals surface area (Å²) in [5.41, 5.74) is 2.35. The molecule has 1 unspecified atom stereocenters. The highest BCUT2D eigenvalue weighted by Gasteiger charge is 2.23. The van der Waals surface area contributed by atoms with Crippen LogP contribution in [0.1, 0.15) is 18.4 Å². The van der Waals surface area contributed by atoms with Crippen molar-refractivity contribution in [3.8, 4) is 0 Å². The normalized spacial score (nSPS) is 16.4. The Bertz CT molecular complexity index is 973. The van der Waals surface area contributed by atoms with Gasteiger partial charge in [0.05, 0.1) is 5.52 Å². The zero-order chi connectivity index (χ0) is 18.6. The largest absolute Gasteiger partial charge is 0.368 e. The zero-order valence-electron chi connectivity index (χ0n) is 14.6. The van der Waals surface area contributed by atoms with Crippen molar-refractivity contribution in [3.63, 3.8) is 0 Å². The molecule has 0 bridgehead atoms. The van der Waals surface area contributed by atoms with Gasteiger partial charge >= 0.3 is 0 Å². The average Bonchev–Trinajstić information content (AvgIpc) is 3.22. The number of halogens is 1. The van der Waals surface area contributed by atoms with Crippen molar-refractivity contribution in [2.45, 2.75) is 25.5 Å². The number of amides is 1. The standard InChI is InChI=1S/C20H19FN4O2/c21-14-6-7-17-16(10-14)19(24-12-23-17)22-11-13-3-1-4-15(9-13)25-20(26)18-5-2-8-27-18/h1,3-4,6-7,9-10,12,18H,2,5,8,11H2,(H,25,26)(H,22,23,24). The zero-order valence-corrected chi connectivity index (χ0v) is 14.6. The molecule has 0 radical (unpaired) electrons. The van der Waals surface area contributed by atoms with Crippen molar-refractivity contribution >= 4 is 28.3 Å². The molecule has 1 fully saturated rings. The number of ether oxygens (including phenoxy) is 1. The Labute approximate surface area is 155 Å². The van der Waals surface area contributed by atoms with Crippen LogP contribution < -0.4 is 10.6 Å². The number of carbonyl (C=O) groups excluding carboxylic acids is 1. The Morgan fingerprint density at radius 3 is 3.00 bits per heavy atom. The fraction of sp³-hybridized carbons (Fsp3) is 0.250. The van der Waals surface area contributed by atoms with Crippen LogP contribution in [-0.4, -0.2) is 28.6 Å². The molecular weight excluding hydrogens is 347 g/mol. The van der Waals surface area contributed by atoms with Gasteiger partial charge in [-0.05, 0) is 48.7 Å². The fourth-order valence-corrected chi connectivity index (χ4v) is 3.12. The van der Waals surface area contributed by atoms with Crippen molar-refractivity contribution in [1.82, 2.24) is 9.97 Å². The number of nitrogens with one attached hydrogen (secondary N) is 2. The Morgan fingerprint density at radius 2 is 2.15 bits per heavy atom. The van der Waals surface area contributed by atoms with E-state index in [2.05, 4.69) is 20.6 Å². The predicted octanol–water partition coefficient (Wildman–Crippen LogP) is 3.50. The Morgan fingerprint density at radius 1 is 1.22 bits per heavy atom. The van der Waals surface area contributed by atoms with Crippen LogP contribution in [0.4, 0.5) is 15.9 Å². The molecule has 2 N–H and O–H groups in total. The SMILES string of the molecule is O=C(Nc1cccc(CNc2ncnc3ccc(F)cc23)c1)C1CCCO1. The minimum Gasteiger partial charge on any atom is -0.368 e. The van der Waals surface area contributed by atoms with Crippen LogP contribution in [0, 0.1) is 5.82 Å². The van der Waals surface area contributed by atoms with Crippen molar-refractivity contribution < 1.29 is 13.9 Å². The number of fused-ring (bicyclic) bond motifs is 1. The second-order valence-corrected chi connectivity index (χ2v) is 6.43. The number of benzene rings is 2. The van der Waals surface area contributed by atoms with Crippen LogP contribution in [0.2, 0.25) is 0 Å². The minimum atomic E-state index is -0.367. The van der Waals surface area contributed by atoms with Crippen LogP contribution in [0.15, 0.2) is 48.8 Å². The molecule has 1 aliphatic rings. The number of anilines is 2. The number of hydrogen-bond donors (Lipinski definition) is 2. The third-order valence-electron chi connectivity index (χ3n) is 4.47. The summed E-state index contributed by atoms with van der Waals surface area (Å²) in [6.45, 7) is 1.11. The monoisotopic (exact) mass is 366 g/mol. The van der Waals surface area contributed by atoms with E-state index in [0.717, 1.165) is 18.4 Å². The Kier molecular flexibility index (Phi) is 4.93. The van der Waals surface area contributed by atoms with E-state index >= 15 is 0 Å². The van der Waals surface area contributed by atoms with E-state index < -0.39 is 0 Å². The molecular formula is C20H19FN4O2. The number of nitrogens with zero attached hydrogens (tertiary/aromatic N) is 2. The molecule has 0 saturated carbocycles. The summed E-state index contributed by atoms with van der Waals surface area (Å²) >= 11 is 0. The lowest BCUT2D eigenvalue weighted by atomic mass is 10.1. The summed E-state index contributed by atoms with van der Waals surface area (Å²) in [6, 6.07) is 12.0. The first kappa shape index (κ1) is 17.4. The van der Waals surface area contributed by atoms with E-state index in [1.165, 1.54) is 18.5 Å². The van der Waals surface area contributed by atoms with E-state index in [9.17, 15) is 9.18 Å². The highest BCUT2D eigenvalue weighted by Crippen LogP contribution is 2.21. The van der Waals surface area contributed by atoms with Crippen LogP contribution >= 0.6 is 0 Å². The van der Waals surface area contributed by atoms with Crippen LogP contribution in [0.5, 0.6) is 0 Å². The molecule has 0 aliphatic carbocycles. The number of rotatable bonds is 5. The molecule has 2 aromatic carbocycles. The summed E-state index contributed by atoms with van der Waals surface area (Å²) in [7, 11) is 0. The molecule has 3 aromatic rings. The molecule has 1 saturated heterocycles. The maximum absolute atomic E-state index is 13.5. The summed E-state index contributed by atoms with van der Waals surface area (Å²) in [5, 5.41) is 6.73. The molecule has 1 atom stereocenters. The van der Waals surface area contributed by atoms with Gasteiger partial charge in [-0.3, -0.25) is 4.79 Å². The molecule has 0 spiro atoms. The third kappa shape index (κ3) is 4.03. The van der Waals surface area contributed by atoms with Gasteiger partial charge in [-0.2, -0.15) is 0 Å².